The molecule has 1 heteroatoms. The van der Waals surface area contributed by atoms with Gasteiger partial charge in [-0.15, -0.1) is 6.58 Å². The molecule has 0 radical (unpaired) electrons. The maximum atomic E-state index is 3.72. The Morgan fingerprint density at radius 3 is 3.00 bits per heavy atom. The van der Waals surface area contributed by atoms with Crippen LogP contribution >= 0.6 is 0 Å². The lowest BCUT2D eigenvalue weighted by Crippen LogP contribution is -2.32. The van der Waals surface area contributed by atoms with E-state index in [4.69, 9.17) is 0 Å². The third-order valence-electron chi connectivity index (χ3n) is 2.94. The molecule has 0 aromatic rings. The van der Waals surface area contributed by atoms with Gasteiger partial charge >= 0.3 is 0 Å². The summed E-state index contributed by atoms with van der Waals surface area (Å²) in [7, 11) is 0. The minimum absolute atomic E-state index is 0.801. The summed E-state index contributed by atoms with van der Waals surface area (Å²) in [6, 6.07) is 0.801. The van der Waals surface area contributed by atoms with Crippen LogP contribution in [0.2, 0.25) is 0 Å². The van der Waals surface area contributed by atoms with Crippen LogP contribution in [0.25, 0.3) is 0 Å². The smallest absolute Gasteiger partial charge is 0.00953 e. The van der Waals surface area contributed by atoms with E-state index in [9.17, 15) is 0 Å². The van der Waals surface area contributed by atoms with Crippen LogP contribution in [0, 0.1) is 5.92 Å². The molecule has 0 saturated heterocycles. The Morgan fingerprint density at radius 1 is 1.50 bits per heavy atom. The molecule has 2 atom stereocenters. The van der Waals surface area contributed by atoms with Gasteiger partial charge in [0, 0.05) is 6.04 Å². The standard InChI is InChI=1S/C11H21N/c1-3-5-9-12-11-8-6-7-10(11)4-2/h3,10-12H,1,4-9H2,2H3. The van der Waals surface area contributed by atoms with Crippen molar-refractivity contribution in [3.05, 3.63) is 12.7 Å². The maximum absolute atomic E-state index is 3.72. The lowest BCUT2D eigenvalue weighted by molar-refractivity contribution is 0.394. The van der Waals surface area contributed by atoms with Gasteiger partial charge in [0.15, 0.2) is 0 Å². The van der Waals surface area contributed by atoms with Crippen LogP contribution in [-0.2, 0) is 0 Å². The van der Waals surface area contributed by atoms with Crippen molar-refractivity contribution in [3.63, 3.8) is 0 Å². The van der Waals surface area contributed by atoms with Crippen molar-refractivity contribution in [3.8, 4) is 0 Å². The van der Waals surface area contributed by atoms with E-state index in [0.29, 0.717) is 0 Å². The van der Waals surface area contributed by atoms with Gasteiger partial charge < -0.3 is 5.32 Å². The summed E-state index contributed by atoms with van der Waals surface area (Å²) in [6.07, 6.45) is 8.67. The first-order chi connectivity index (χ1) is 5.88. The molecule has 0 bridgehead atoms. The van der Waals surface area contributed by atoms with Crippen LogP contribution in [0.1, 0.15) is 39.0 Å². The molecule has 1 fully saturated rings. The lowest BCUT2D eigenvalue weighted by Gasteiger charge is -2.18. The molecule has 0 aromatic carbocycles. The first-order valence-electron chi connectivity index (χ1n) is 5.22. The van der Waals surface area contributed by atoms with Gasteiger partial charge in [0.1, 0.15) is 0 Å². The van der Waals surface area contributed by atoms with Crippen LogP contribution < -0.4 is 5.32 Å². The number of hydrogen-bond acceptors (Lipinski definition) is 1. The molecule has 0 aromatic heterocycles. The van der Waals surface area contributed by atoms with Crippen LogP contribution in [0.5, 0.6) is 0 Å². The highest BCUT2D eigenvalue weighted by atomic mass is 14.9. The molecule has 1 aliphatic carbocycles. The van der Waals surface area contributed by atoms with Crippen molar-refractivity contribution in [2.45, 2.75) is 45.1 Å². The second kappa shape index (κ2) is 5.36. The normalized spacial score (nSPS) is 29.1. The molecule has 1 rings (SSSR count). The van der Waals surface area contributed by atoms with E-state index in [1.54, 1.807) is 0 Å². The highest BCUT2D eigenvalue weighted by Gasteiger charge is 2.24. The van der Waals surface area contributed by atoms with Crippen molar-refractivity contribution < 1.29 is 0 Å². The van der Waals surface area contributed by atoms with E-state index in [-0.39, 0.29) is 0 Å². The summed E-state index contributed by atoms with van der Waals surface area (Å²) in [4.78, 5) is 0. The first kappa shape index (κ1) is 9.79. The Bertz CT molecular complexity index is 131. The van der Waals surface area contributed by atoms with Gasteiger partial charge in [0.2, 0.25) is 0 Å². The number of nitrogens with one attached hydrogen (secondary N) is 1. The van der Waals surface area contributed by atoms with Crippen LogP contribution in [0.3, 0.4) is 0 Å². The third kappa shape index (κ3) is 2.63. The fraction of sp³-hybridized carbons (Fsp3) is 0.818. The zero-order valence-electron chi connectivity index (χ0n) is 8.18. The topological polar surface area (TPSA) is 12.0 Å². The number of hydrogen-bond donors (Lipinski definition) is 1. The molecule has 1 saturated carbocycles. The van der Waals surface area contributed by atoms with Crippen molar-refractivity contribution in [1.29, 1.82) is 0 Å². The van der Waals surface area contributed by atoms with E-state index in [1.807, 2.05) is 6.08 Å². The minimum Gasteiger partial charge on any atom is -0.313 e. The molecular weight excluding hydrogens is 146 g/mol. The van der Waals surface area contributed by atoms with Gasteiger partial charge in [-0.25, -0.2) is 0 Å². The Balaban J connectivity index is 2.16. The fourth-order valence-electron chi connectivity index (χ4n) is 2.17. The Hall–Kier alpha value is -0.300. The highest BCUT2D eigenvalue weighted by molar-refractivity contribution is 4.82. The Morgan fingerprint density at radius 2 is 2.33 bits per heavy atom. The summed E-state index contributed by atoms with van der Waals surface area (Å²) in [5, 5.41) is 3.61. The van der Waals surface area contributed by atoms with Gasteiger partial charge in [-0.1, -0.05) is 25.8 Å². The maximum Gasteiger partial charge on any atom is 0.00953 e. The molecule has 0 aliphatic heterocycles. The van der Waals surface area contributed by atoms with Crippen molar-refractivity contribution in [2.24, 2.45) is 5.92 Å². The fourth-order valence-corrected chi connectivity index (χ4v) is 2.17. The van der Waals surface area contributed by atoms with Crippen molar-refractivity contribution in [2.75, 3.05) is 6.54 Å². The molecule has 12 heavy (non-hydrogen) atoms. The quantitative estimate of drug-likeness (QED) is 0.490. The molecule has 2 unspecified atom stereocenters. The van der Waals surface area contributed by atoms with Crippen LogP contribution in [0.15, 0.2) is 12.7 Å². The molecule has 1 N–H and O–H groups in total. The zero-order valence-corrected chi connectivity index (χ0v) is 8.18. The van der Waals surface area contributed by atoms with Gasteiger partial charge in [0.25, 0.3) is 0 Å². The van der Waals surface area contributed by atoms with E-state index in [0.717, 1.165) is 24.9 Å². The third-order valence-corrected chi connectivity index (χ3v) is 2.94. The van der Waals surface area contributed by atoms with E-state index in [2.05, 4.69) is 18.8 Å². The predicted octanol–water partition coefficient (Wildman–Crippen LogP) is 2.73. The van der Waals surface area contributed by atoms with Gasteiger partial charge in [-0.2, -0.15) is 0 Å². The molecule has 1 aliphatic rings. The SMILES string of the molecule is C=CCCNC1CCCC1CC. The molecular formula is C11H21N. The van der Waals surface area contributed by atoms with Gasteiger partial charge in [-0.3, -0.25) is 0 Å². The molecule has 0 heterocycles. The first-order valence-corrected chi connectivity index (χ1v) is 5.22. The predicted molar refractivity (Wildman–Crippen MR) is 54.2 cm³/mol. The summed E-state index contributed by atoms with van der Waals surface area (Å²) in [5.74, 6) is 0.940. The Labute approximate surface area is 76.2 Å². The molecule has 1 nitrogen and oxygen atoms in total. The largest absolute Gasteiger partial charge is 0.313 e. The van der Waals surface area contributed by atoms with Crippen molar-refractivity contribution >= 4 is 0 Å². The summed E-state index contributed by atoms with van der Waals surface area (Å²) in [6.45, 7) is 7.14. The molecule has 0 amide bonds. The van der Waals surface area contributed by atoms with Gasteiger partial charge in [-0.05, 0) is 31.7 Å². The minimum atomic E-state index is 0.801. The monoisotopic (exact) mass is 167 g/mol. The van der Waals surface area contributed by atoms with E-state index in [1.165, 1.54) is 25.7 Å². The highest BCUT2D eigenvalue weighted by Crippen LogP contribution is 2.27. The van der Waals surface area contributed by atoms with Crippen molar-refractivity contribution in [1.82, 2.24) is 5.32 Å². The lowest BCUT2D eigenvalue weighted by atomic mass is 10.0. The van der Waals surface area contributed by atoms with E-state index >= 15 is 0 Å². The zero-order chi connectivity index (χ0) is 8.81. The Kier molecular flexibility index (Phi) is 4.37. The average molecular weight is 167 g/mol. The molecule has 0 spiro atoms. The second-order valence-corrected chi connectivity index (χ2v) is 3.74. The second-order valence-electron chi connectivity index (χ2n) is 3.74. The van der Waals surface area contributed by atoms with Crippen LogP contribution in [-0.4, -0.2) is 12.6 Å². The summed E-state index contributed by atoms with van der Waals surface area (Å²) >= 11 is 0. The molecule has 70 valence electrons. The van der Waals surface area contributed by atoms with E-state index < -0.39 is 0 Å². The summed E-state index contributed by atoms with van der Waals surface area (Å²) < 4.78 is 0. The van der Waals surface area contributed by atoms with Gasteiger partial charge in [0.05, 0.1) is 0 Å². The number of rotatable bonds is 5. The summed E-state index contributed by atoms with van der Waals surface area (Å²) in [5.41, 5.74) is 0. The van der Waals surface area contributed by atoms with Crippen LogP contribution in [0.4, 0.5) is 0 Å². The average Bonchev–Trinajstić information content (AvgIpc) is 2.52.